The zero-order valence-electron chi connectivity index (χ0n) is 18.0. The highest BCUT2D eigenvalue weighted by atomic mass is 35.5. The topological polar surface area (TPSA) is 75.2 Å². The van der Waals surface area contributed by atoms with E-state index < -0.39 is 0 Å². The number of benzene rings is 2. The molecule has 3 aromatic rings. The fraction of sp³-hybridized carbons (Fsp3) is 0.250. The third-order valence-corrected chi connectivity index (χ3v) is 6.11. The van der Waals surface area contributed by atoms with Crippen LogP contribution in [0, 0.1) is 0 Å². The lowest BCUT2D eigenvalue weighted by Crippen LogP contribution is -2.39. The number of hydrogen-bond donors (Lipinski definition) is 1. The van der Waals surface area contributed by atoms with Crippen LogP contribution in [0.3, 0.4) is 0 Å². The van der Waals surface area contributed by atoms with Crippen molar-refractivity contribution in [2.75, 3.05) is 11.9 Å². The highest BCUT2D eigenvalue weighted by Crippen LogP contribution is 2.27. The van der Waals surface area contributed by atoms with Gasteiger partial charge in [0.2, 0.25) is 16.9 Å². The first-order valence-electron chi connectivity index (χ1n) is 10.4. The predicted molar refractivity (Wildman–Crippen MR) is 131 cm³/mol. The lowest BCUT2D eigenvalue weighted by Gasteiger charge is -2.27. The molecule has 3 rings (SSSR count). The molecule has 0 unspecified atom stereocenters. The number of carbonyl (C=O) groups excluding carboxylic acids is 2. The van der Waals surface area contributed by atoms with Gasteiger partial charge in [-0.3, -0.25) is 9.59 Å². The van der Waals surface area contributed by atoms with Crippen molar-refractivity contribution in [3.63, 3.8) is 0 Å². The van der Waals surface area contributed by atoms with Crippen LogP contribution in [0.15, 0.2) is 60.7 Å². The maximum Gasteiger partial charge on any atom is 0.246 e. The van der Waals surface area contributed by atoms with E-state index in [9.17, 15) is 9.59 Å². The van der Waals surface area contributed by atoms with Gasteiger partial charge in [-0.1, -0.05) is 72.3 Å². The smallest absolute Gasteiger partial charge is 0.246 e. The fourth-order valence-corrected chi connectivity index (χ4v) is 3.87. The Hall–Kier alpha value is -3.03. The minimum Gasteiger partial charge on any atom is -0.336 e. The molecule has 0 aliphatic carbocycles. The van der Waals surface area contributed by atoms with Gasteiger partial charge in [-0.25, -0.2) is 0 Å². The highest BCUT2D eigenvalue weighted by molar-refractivity contribution is 7.18. The first kappa shape index (κ1) is 23.6. The van der Waals surface area contributed by atoms with Crippen molar-refractivity contribution < 1.29 is 9.59 Å². The quantitative estimate of drug-likeness (QED) is 0.419. The van der Waals surface area contributed by atoms with E-state index in [1.54, 1.807) is 29.2 Å². The Bertz CT molecular complexity index is 1070. The van der Waals surface area contributed by atoms with E-state index in [1.807, 2.05) is 56.3 Å². The molecule has 0 aliphatic rings. The second-order valence-electron chi connectivity index (χ2n) is 7.25. The number of halogens is 1. The molecule has 2 aromatic carbocycles. The number of nitrogens with zero attached hydrogens (tertiary/aromatic N) is 3. The summed E-state index contributed by atoms with van der Waals surface area (Å²) in [5, 5.41) is 12.7. The number of rotatable bonds is 9. The van der Waals surface area contributed by atoms with E-state index >= 15 is 0 Å². The number of hydrogen-bond acceptors (Lipinski definition) is 5. The maximum absolute atomic E-state index is 12.7. The van der Waals surface area contributed by atoms with Crippen LogP contribution in [0.1, 0.15) is 32.3 Å². The van der Waals surface area contributed by atoms with Gasteiger partial charge in [-0.05, 0) is 37.1 Å². The summed E-state index contributed by atoms with van der Waals surface area (Å²) >= 11 is 7.21. The largest absolute Gasteiger partial charge is 0.336 e. The molecule has 0 aliphatic heterocycles. The van der Waals surface area contributed by atoms with Gasteiger partial charge in [0.25, 0.3) is 0 Å². The van der Waals surface area contributed by atoms with E-state index in [0.717, 1.165) is 17.5 Å². The summed E-state index contributed by atoms with van der Waals surface area (Å²) in [7, 11) is 0. The summed E-state index contributed by atoms with van der Waals surface area (Å²) in [5.74, 6) is -0.325. The lowest BCUT2D eigenvalue weighted by molar-refractivity contribution is -0.128. The number of carbonyl (C=O) groups is 2. The van der Waals surface area contributed by atoms with Crippen LogP contribution in [0.5, 0.6) is 0 Å². The van der Waals surface area contributed by atoms with Crippen molar-refractivity contribution in [3.05, 3.63) is 71.3 Å². The summed E-state index contributed by atoms with van der Waals surface area (Å²) in [5.41, 5.74) is 1.83. The molecule has 0 radical (unpaired) electrons. The summed E-state index contributed by atoms with van der Waals surface area (Å²) in [6.07, 6.45) is 4.32. The van der Waals surface area contributed by atoms with Gasteiger partial charge in [0.15, 0.2) is 0 Å². The van der Waals surface area contributed by atoms with Gasteiger partial charge in [0.05, 0.1) is 0 Å². The van der Waals surface area contributed by atoms with Crippen molar-refractivity contribution in [2.24, 2.45) is 0 Å². The Labute approximate surface area is 196 Å². The van der Waals surface area contributed by atoms with Gasteiger partial charge in [0.1, 0.15) is 5.01 Å². The number of anilines is 1. The molecule has 6 nitrogen and oxygen atoms in total. The molecule has 0 bridgehead atoms. The highest BCUT2D eigenvalue weighted by Gasteiger charge is 2.18. The van der Waals surface area contributed by atoms with Crippen LogP contribution < -0.4 is 5.32 Å². The Balaban J connectivity index is 1.57. The zero-order valence-corrected chi connectivity index (χ0v) is 19.6. The molecule has 1 N–H and O–H groups in total. The molecule has 2 amide bonds. The minimum absolute atomic E-state index is 0.0220. The summed E-state index contributed by atoms with van der Waals surface area (Å²) in [6, 6.07) is 16.9. The van der Waals surface area contributed by atoms with E-state index in [-0.39, 0.29) is 24.3 Å². The number of amides is 2. The molecule has 166 valence electrons. The SMILES string of the molecule is CC[C@@H](C)N(CCC(=O)Nc1nnc(-c2ccc(Cl)cc2)s1)C(=O)/C=C/c1ccccc1. The van der Waals surface area contributed by atoms with Crippen LogP contribution >= 0.6 is 22.9 Å². The molecule has 8 heteroatoms. The van der Waals surface area contributed by atoms with E-state index in [1.165, 1.54) is 11.3 Å². The van der Waals surface area contributed by atoms with E-state index in [2.05, 4.69) is 15.5 Å². The van der Waals surface area contributed by atoms with Gasteiger partial charge >= 0.3 is 0 Å². The van der Waals surface area contributed by atoms with Crippen molar-refractivity contribution in [1.29, 1.82) is 0 Å². The van der Waals surface area contributed by atoms with E-state index in [0.29, 0.717) is 21.7 Å². The maximum atomic E-state index is 12.7. The first-order valence-corrected chi connectivity index (χ1v) is 11.6. The Morgan fingerprint density at radius 1 is 1.12 bits per heavy atom. The second kappa shape index (κ2) is 11.5. The summed E-state index contributed by atoms with van der Waals surface area (Å²) in [6.45, 7) is 4.32. The molecule has 0 saturated heterocycles. The minimum atomic E-state index is -0.211. The van der Waals surface area contributed by atoms with Crippen LogP contribution in [0.4, 0.5) is 5.13 Å². The molecule has 0 spiro atoms. The Kier molecular flexibility index (Phi) is 8.53. The second-order valence-corrected chi connectivity index (χ2v) is 8.66. The average molecular weight is 469 g/mol. The average Bonchev–Trinajstić information content (AvgIpc) is 3.27. The van der Waals surface area contributed by atoms with Crippen molar-refractivity contribution in [1.82, 2.24) is 15.1 Å². The van der Waals surface area contributed by atoms with Gasteiger partial charge in [-0.2, -0.15) is 0 Å². The number of nitrogens with one attached hydrogen (secondary N) is 1. The first-order chi connectivity index (χ1) is 15.5. The Morgan fingerprint density at radius 3 is 2.53 bits per heavy atom. The van der Waals surface area contributed by atoms with E-state index in [4.69, 9.17) is 11.6 Å². The molecule has 32 heavy (non-hydrogen) atoms. The Morgan fingerprint density at radius 2 is 1.84 bits per heavy atom. The van der Waals surface area contributed by atoms with Crippen LogP contribution in [-0.4, -0.2) is 39.5 Å². The van der Waals surface area contributed by atoms with Crippen molar-refractivity contribution >= 4 is 46.0 Å². The predicted octanol–water partition coefficient (Wildman–Crippen LogP) is 5.53. The van der Waals surface area contributed by atoms with Crippen molar-refractivity contribution in [2.45, 2.75) is 32.7 Å². The molecular weight excluding hydrogens is 444 g/mol. The molecule has 1 atom stereocenters. The molecular formula is C24H25ClN4O2S. The third-order valence-electron chi connectivity index (χ3n) is 4.97. The summed E-state index contributed by atoms with van der Waals surface area (Å²) in [4.78, 5) is 26.9. The molecule has 1 aromatic heterocycles. The number of aromatic nitrogens is 2. The third kappa shape index (κ3) is 6.73. The van der Waals surface area contributed by atoms with Crippen LogP contribution in [-0.2, 0) is 9.59 Å². The monoisotopic (exact) mass is 468 g/mol. The van der Waals surface area contributed by atoms with Crippen LogP contribution in [0.2, 0.25) is 5.02 Å². The lowest BCUT2D eigenvalue weighted by atomic mass is 10.1. The fourth-order valence-electron chi connectivity index (χ4n) is 2.98. The molecule has 0 fully saturated rings. The standard InChI is InChI=1S/C24H25ClN4O2S/c1-3-17(2)29(22(31)14-9-18-7-5-4-6-8-18)16-15-21(30)26-24-28-27-23(32-24)19-10-12-20(25)13-11-19/h4-14,17H,3,15-16H2,1-2H3,(H,26,28,30)/b14-9+/t17-/m1/s1. The van der Waals surface area contributed by atoms with Gasteiger partial charge in [-0.15, -0.1) is 10.2 Å². The molecule has 0 saturated carbocycles. The van der Waals surface area contributed by atoms with Gasteiger partial charge in [0, 0.05) is 35.7 Å². The van der Waals surface area contributed by atoms with Crippen molar-refractivity contribution in [3.8, 4) is 10.6 Å². The van der Waals surface area contributed by atoms with Gasteiger partial charge < -0.3 is 10.2 Å². The van der Waals surface area contributed by atoms with Crippen LogP contribution in [0.25, 0.3) is 16.6 Å². The molecule has 1 heterocycles. The normalized spacial score (nSPS) is 12.0. The summed E-state index contributed by atoms with van der Waals surface area (Å²) < 4.78 is 0. The zero-order chi connectivity index (χ0) is 22.9.